The molecule has 0 aromatic carbocycles. The van der Waals surface area contributed by atoms with E-state index in [-0.39, 0.29) is 0 Å². The molecule has 2 nitrogen and oxygen atoms in total. The summed E-state index contributed by atoms with van der Waals surface area (Å²) in [5.41, 5.74) is 0. The molecule has 2 radical (unpaired) electrons. The van der Waals surface area contributed by atoms with Gasteiger partial charge in [0.15, 0.2) is 0 Å². The SMILES string of the molecule is C[B]N(F)[B]N(C(C)C)C(C)C. The summed E-state index contributed by atoms with van der Waals surface area (Å²) in [7, 11) is 2.87. The number of hydrogen-bond donors (Lipinski definition) is 0. The van der Waals surface area contributed by atoms with Crippen LogP contribution in [0, 0.1) is 0 Å². The molecule has 68 valence electrons. The van der Waals surface area contributed by atoms with Crippen molar-refractivity contribution in [2.24, 2.45) is 0 Å². The molecule has 0 rings (SSSR count). The van der Waals surface area contributed by atoms with Gasteiger partial charge in [0, 0.05) is 0 Å². The van der Waals surface area contributed by atoms with E-state index in [0.29, 0.717) is 17.0 Å². The van der Waals surface area contributed by atoms with Gasteiger partial charge in [-0.05, 0) is 12.1 Å². The molecule has 0 aromatic rings. The molecule has 0 amide bonds. The molecule has 0 fully saturated rings. The zero-order valence-corrected chi connectivity index (χ0v) is 8.58. The number of hydrogen-bond acceptors (Lipinski definition) is 2. The van der Waals surface area contributed by atoms with Crippen molar-refractivity contribution in [3.63, 3.8) is 0 Å². The molecule has 0 heterocycles. The fraction of sp³-hybridized carbons (Fsp3) is 1.00. The Bertz CT molecular complexity index is 114. The third-order valence-corrected chi connectivity index (χ3v) is 1.68. The van der Waals surface area contributed by atoms with Crippen molar-refractivity contribution in [3.8, 4) is 0 Å². The van der Waals surface area contributed by atoms with Crippen LogP contribution in [0.3, 0.4) is 0 Å². The lowest BCUT2D eigenvalue weighted by molar-refractivity contribution is 0.211. The minimum Gasteiger partial charge on any atom is -0.327 e. The summed E-state index contributed by atoms with van der Waals surface area (Å²) in [4.78, 5) is 2.54. The molecule has 0 aliphatic rings. The molecule has 5 heteroatoms. The fourth-order valence-corrected chi connectivity index (χ4v) is 1.06. The van der Waals surface area contributed by atoms with Gasteiger partial charge in [0.05, 0.1) is 0 Å². The van der Waals surface area contributed by atoms with Crippen molar-refractivity contribution < 1.29 is 4.48 Å². The third-order valence-electron chi connectivity index (χ3n) is 1.68. The average molecular weight is 170 g/mol. The summed E-state index contributed by atoms with van der Waals surface area (Å²) in [5.74, 6) is 0. The van der Waals surface area contributed by atoms with E-state index in [0.717, 1.165) is 0 Å². The van der Waals surface area contributed by atoms with Gasteiger partial charge < -0.3 is 4.81 Å². The van der Waals surface area contributed by atoms with Crippen LogP contribution in [0.1, 0.15) is 27.7 Å². The van der Waals surface area contributed by atoms with Gasteiger partial charge in [-0.15, -0.1) is 0 Å². The highest BCUT2D eigenvalue weighted by molar-refractivity contribution is 6.46. The zero-order valence-electron chi connectivity index (χ0n) is 8.58. The van der Waals surface area contributed by atoms with E-state index in [2.05, 4.69) is 0 Å². The molecule has 0 saturated heterocycles. The van der Waals surface area contributed by atoms with Gasteiger partial charge in [-0.1, -0.05) is 34.5 Å². The molecule has 0 unspecified atom stereocenters. The van der Waals surface area contributed by atoms with Crippen molar-refractivity contribution in [2.75, 3.05) is 0 Å². The van der Waals surface area contributed by atoms with Gasteiger partial charge in [0.1, 0.15) is 0 Å². The first-order valence-corrected chi connectivity index (χ1v) is 4.35. The second-order valence-corrected chi connectivity index (χ2v) is 3.35. The third kappa shape index (κ3) is 4.12. The Kier molecular flexibility index (Phi) is 5.59. The number of rotatable bonds is 5. The average Bonchev–Trinajstić information content (AvgIpc) is 1.98. The zero-order chi connectivity index (χ0) is 9.72. The van der Waals surface area contributed by atoms with Crippen LogP contribution in [-0.4, -0.2) is 36.8 Å². The predicted molar refractivity (Wildman–Crippen MR) is 52.4 cm³/mol. The minimum absolute atomic E-state index is 0.322. The Morgan fingerprint density at radius 2 is 1.50 bits per heavy atom. The smallest absolute Gasteiger partial charge is 0.327 e. The van der Waals surface area contributed by atoms with E-state index in [1.165, 1.54) is 15.0 Å². The van der Waals surface area contributed by atoms with E-state index in [1.54, 1.807) is 6.82 Å². The van der Waals surface area contributed by atoms with Gasteiger partial charge in [-0.2, -0.15) is 4.48 Å². The highest BCUT2D eigenvalue weighted by Crippen LogP contribution is 2.03. The Balaban J connectivity index is 3.95. The highest BCUT2D eigenvalue weighted by atomic mass is 19.2. The van der Waals surface area contributed by atoms with E-state index >= 15 is 0 Å². The fourth-order valence-electron chi connectivity index (χ4n) is 1.06. The molecule has 0 saturated carbocycles. The van der Waals surface area contributed by atoms with Gasteiger partial charge in [0.2, 0.25) is 7.41 Å². The van der Waals surface area contributed by atoms with Crippen molar-refractivity contribution >= 4 is 15.0 Å². The first-order valence-electron chi connectivity index (χ1n) is 4.35. The first-order chi connectivity index (χ1) is 5.49. The lowest BCUT2D eigenvalue weighted by atomic mass is 9.88. The van der Waals surface area contributed by atoms with Crippen LogP contribution in [0.15, 0.2) is 0 Å². The van der Waals surface area contributed by atoms with E-state index < -0.39 is 0 Å². The van der Waals surface area contributed by atoms with Crippen LogP contribution in [0.2, 0.25) is 6.82 Å². The van der Waals surface area contributed by atoms with E-state index in [9.17, 15) is 4.48 Å². The standard InChI is InChI=1S/C7H17B2FN2/c1-6(2)11(7(3)4)9-12(10)8-5/h6-7H,1-5H3. The van der Waals surface area contributed by atoms with Gasteiger partial charge in [-0.3, -0.25) is 0 Å². The molecule has 0 N–H and O–H groups in total. The molecule has 0 atom stereocenters. The molecule has 0 aromatic heterocycles. The second-order valence-electron chi connectivity index (χ2n) is 3.35. The summed E-state index contributed by atoms with van der Waals surface area (Å²) in [6.45, 7) is 9.83. The molecule has 0 bridgehead atoms. The lowest BCUT2D eigenvalue weighted by Gasteiger charge is -2.31. The maximum atomic E-state index is 12.8. The first kappa shape index (κ1) is 12.0. The Morgan fingerprint density at radius 1 is 1.08 bits per heavy atom. The summed E-state index contributed by atoms with van der Waals surface area (Å²) >= 11 is 0. The molecule has 0 aliphatic heterocycles. The van der Waals surface area contributed by atoms with Crippen LogP contribution < -0.4 is 0 Å². The molecule has 12 heavy (non-hydrogen) atoms. The summed E-state index contributed by atoms with van der Waals surface area (Å²) in [6, 6.07) is 0.645. The van der Waals surface area contributed by atoms with Crippen LogP contribution in [-0.2, 0) is 0 Å². The minimum atomic E-state index is 0.322. The predicted octanol–water partition coefficient (Wildman–Crippen LogP) is 1.49. The molecular weight excluding hydrogens is 153 g/mol. The van der Waals surface area contributed by atoms with Crippen LogP contribution >= 0.6 is 0 Å². The van der Waals surface area contributed by atoms with Crippen molar-refractivity contribution in [1.82, 2.24) is 9.75 Å². The second kappa shape index (κ2) is 5.60. The monoisotopic (exact) mass is 170 g/mol. The Morgan fingerprint density at radius 3 is 1.75 bits per heavy atom. The highest BCUT2D eigenvalue weighted by Gasteiger charge is 2.18. The van der Waals surface area contributed by atoms with E-state index in [4.69, 9.17) is 0 Å². The van der Waals surface area contributed by atoms with Crippen molar-refractivity contribution in [1.29, 1.82) is 0 Å². The summed E-state index contributed by atoms with van der Waals surface area (Å²) < 4.78 is 12.8. The molecule has 0 aliphatic carbocycles. The topological polar surface area (TPSA) is 6.48 Å². The van der Waals surface area contributed by atoms with Crippen molar-refractivity contribution in [3.05, 3.63) is 0 Å². The molecule has 0 spiro atoms. The van der Waals surface area contributed by atoms with Crippen LogP contribution in [0.4, 0.5) is 4.48 Å². The maximum Gasteiger partial charge on any atom is 0.332 e. The quantitative estimate of drug-likeness (QED) is 0.455. The lowest BCUT2D eigenvalue weighted by Crippen LogP contribution is -2.46. The maximum absolute atomic E-state index is 12.8. The van der Waals surface area contributed by atoms with Gasteiger partial charge in [0.25, 0.3) is 0 Å². The number of halogens is 1. The summed E-state index contributed by atoms with van der Waals surface area (Å²) in [5, 5.41) is 0. The van der Waals surface area contributed by atoms with Crippen LogP contribution in [0.5, 0.6) is 0 Å². The van der Waals surface area contributed by atoms with Crippen molar-refractivity contribution in [2.45, 2.75) is 46.6 Å². The Hall–Kier alpha value is -0.0201. The van der Waals surface area contributed by atoms with Gasteiger partial charge in [-0.25, -0.2) is 4.94 Å². The van der Waals surface area contributed by atoms with Gasteiger partial charge >= 0.3 is 7.55 Å². The van der Waals surface area contributed by atoms with E-state index in [1.807, 2.05) is 32.5 Å². The largest absolute Gasteiger partial charge is 0.332 e. The molecular formula is C7H17B2FN2. The Labute approximate surface area is 76.6 Å². The normalized spacial score (nSPS) is 11.8. The summed E-state index contributed by atoms with van der Waals surface area (Å²) in [6.07, 6.45) is 0. The number of nitrogens with zero attached hydrogens (tertiary/aromatic N) is 2. The van der Waals surface area contributed by atoms with Crippen LogP contribution in [0.25, 0.3) is 0 Å².